The lowest BCUT2D eigenvalue weighted by atomic mass is 9.82. The minimum absolute atomic E-state index is 0.00781. The van der Waals surface area contributed by atoms with E-state index in [1.807, 2.05) is 29.2 Å². The first-order chi connectivity index (χ1) is 12.9. The van der Waals surface area contributed by atoms with E-state index in [0.29, 0.717) is 23.1 Å². The van der Waals surface area contributed by atoms with Gasteiger partial charge >= 0.3 is 5.97 Å². The first-order valence-electron chi connectivity index (χ1n) is 9.30. The van der Waals surface area contributed by atoms with Crippen molar-refractivity contribution in [2.45, 2.75) is 13.0 Å². The van der Waals surface area contributed by atoms with E-state index in [9.17, 15) is 14.7 Å². The normalized spacial score (nSPS) is 30.1. The highest BCUT2D eigenvalue weighted by Gasteiger charge is 2.52. The van der Waals surface area contributed by atoms with Crippen LogP contribution < -0.4 is 0 Å². The number of carboxylic acids is 1. The third-order valence-electron chi connectivity index (χ3n) is 6.10. The summed E-state index contributed by atoms with van der Waals surface area (Å²) < 4.78 is 0. The van der Waals surface area contributed by atoms with Gasteiger partial charge in [0.1, 0.15) is 0 Å². The predicted octanol–water partition coefficient (Wildman–Crippen LogP) is 3.16. The predicted molar refractivity (Wildman–Crippen MR) is 104 cm³/mol. The third kappa shape index (κ3) is 3.60. The molecular weight excluding hydrogens is 387 g/mol. The summed E-state index contributed by atoms with van der Waals surface area (Å²) in [5.41, 5.74) is 1.09. The van der Waals surface area contributed by atoms with E-state index in [0.717, 1.165) is 31.6 Å². The second-order valence-electron chi connectivity index (χ2n) is 7.69. The van der Waals surface area contributed by atoms with Gasteiger partial charge in [-0.1, -0.05) is 41.4 Å². The minimum Gasteiger partial charge on any atom is -0.481 e. The molecule has 1 amide bonds. The van der Waals surface area contributed by atoms with Crippen molar-refractivity contribution in [3.63, 3.8) is 0 Å². The van der Waals surface area contributed by atoms with Crippen LogP contribution >= 0.6 is 23.2 Å². The van der Waals surface area contributed by atoms with Gasteiger partial charge in [0.05, 0.1) is 21.9 Å². The number of allylic oxidation sites excluding steroid dienone is 2. The summed E-state index contributed by atoms with van der Waals surface area (Å²) in [6.07, 6.45) is 4.81. The average molecular weight is 409 g/mol. The second kappa shape index (κ2) is 7.46. The van der Waals surface area contributed by atoms with Gasteiger partial charge in [0.15, 0.2) is 0 Å². The van der Waals surface area contributed by atoms with E-state index in [1.54, 1.807) is 6.07 Å². The molecule has 0 spiro atoms. The Morgan fingerprint density at radius 2 is 1.67 bits per heavy atom. The largest absolute Gasteiger partial charge is 0.481 e. The summed E-state index contributed by atoms with van der Waals surface area (Å²) in [6, 6.07) is 5.64. The molecule has 7 heteroatoms. The quantitative estimate of drug-likeness (QED) is 0.777. The maximum atomic E-state index is 13.0. The molecule has 1 aromatic rings. The van der Waals surface area contributed by atoms with Crippen molar-refractivity contribution < 1.29 is 14.7 Å². The summed E-state index contributed by atoms with van der Waals surface area (Å²) in [5, 5.41) is 10.7. The van der Waals surface area contributed by atoms with Crippen LogP contribution in [0, 0.1) is 23.7 Å². The van der Waals surface area contributed by atoms with E-state index in [-0.39, 0.29) is 17.7 Å². The average Bonchev–Trinajstić information content (AvgIpc) is 3.26. The summed E-state index contributed by atoms with van der Waals surface area (Å²) in [5.74, 6) is -1.71. The van der Waals surface area contributed by atoms with Gasteiger partial charge in [-0.05, 0) is 36.0 Å². The number of carbonyl (C=O) groups excluding carboxylic acids is 1. The van der Waals surface area contributed by atoms with Gasteiger partial charge in [-0.25, -0.2) is 0 Å². The maximum absolute atomic E-state index is 13.0. The van der Waals surface area contributed by atoms with Crippen molar-refractivity contribution in [2.75, 3.05) is 26.2 Å². The summed E-state index contributed by atoms with van der Waals surface area (Å²) in [7, 11) is 0. The molecular formula is C20H22Cl2N2O3. The fourth-order valence-corrected chi connectivity index (χ4v) is 5.05. The molecule has 1 N–H and O–H groups in total. The number of rotatable bonds is 4. The number of halogens is 2. The minimum atomic E-state index is -0.844. The molecule has 1 heterocycles. The topological polar surface area (TPSA) is 60.9 Å². The van der Waals surface area contributed by atoms with Crippen molar-refractivity contribution in [2.24, 2.45) is 23.7 Å². The Bertz CT molecular complexity index is 789. The highest BCUT2D eigenvalue weighted by atomic mass is 35.5. The number of fused-ring (bicyclic) bond motifs is 2. The summed E-state index contributed by atoms with van der Waals surface area (Å²) in [6.45, 7) is 3.54. The maximum Gasteiger partial charge on any atom is 0.307 e. The Balaban J connectivity index is 1.36. The van der Waals surface area contributed by atoms with E-state index in [2.05, 4.69) is 4.90 Å². The standard InChI is InChI=1S/C20H22Cl2N2O3/c21-15-4-1-12(9-16(15)22)11-23-5-7-24(8-6-23)19(25)17-13-2-3-14(10-13)18(17)20(26)27/h1-4,9,13-14,17-18H,5-8,10-11H2,(H,26,27)/t13-,14-,17+,18-/m0/s1. The number of aliphatic carboxylic acids is 1. The highest BCUT2D eigenvalue weighted by Crippen LogP contribution is 2.48. The number of nitrogens with zero attached hydrogens (tertiary/aromatic N) is 2. The number of amides is 1. The fourth-order valence-electron chi connectivity index (χ4n) is 4.73. The molecule has 1 aromatic carbocycles. The number of hydrogen-bond acceptors (Lipinski definition) is 3. The van der Waals surface area contributed by atoms with Gasteiger partial charge in [-0.2, -0.15) is 0 Å². The molecule has 1 saturated heterocycles. The Labute approximate surface area is 168 Å². The van der Waals surface area contributed by atoms with Gasteiger partial charge in [0.2, 0.25) is 5.91 Å². The Morgan fingerprint density at radius 1 is 1.00 bits per heavy atom. The van der Waals surface area contributed by atoms with Crippen LogP contribution in [0.15, 0.2) is 30.4 Å². The number of carbonyl (C=O) groups is 2. The molecule has 0 radical (unpaired) electrons. The summed E-state index contributed by atoms with van der Waals surface area (Å²) in [4.78, 5) is 28.8. The molecule has 0 unspecified atom stereocenters. The van der Waals surface area contributed by atoms with Crippen LogP contribution in [0.3, 0.4) is 0 Å². The first kappa shape index (κ1) is 18.8. The van der Waals surface area contributed by atoms with Crippen LogP contribution in [0.4, 0.5) is 0 Å². The molecule has 0 aromatic heterocycles. The molecule has 1 saturated carbocycles. The molecule has 1 aliphatic heterocycles. The molecule has 27 heavy (non-hydrogen) atoms. The zero-order valence-electron chi connectivity index (χ0n) is 14.9. The number of piperazine rings is 1. The first-order valence-corrected chi connectivity index (χ1v) is 10.1. The number of hydrogen-bond donors (Lipinski definition) is 1. The second-order valence-corrected chi connectivity index (χ2v) is 8.50. The van der Waals surface area contributed by atoms with Crippen molar-refractivity contribution in [1.82, 2.24) is 9.80 Å². The smallest absolute Gasteiger partial charge is 0.307 e. The van der Waals surface area contributed by atoms with Crippen LogP contribution in [-0.2, 0) is 16.1 Å². The van der Waals surface area contributed by atoms with Gasteiger partial charge < -0.3 is 10.0 Å². The number of benzene rings is 1. The zero-order valence-corrected chi connectivity index (χ0v) is 16.4. The molecule has 3 aliphatic rings. The van der Waals surface area contributed by atoms with Gasteiger partial charge in [-0.15, -0.1) is 0 Å². The Hall–Kier alpha value is -1.56. The molecule has 4 atom stereocenters. The van der Waals surface area contributed by atoms with Crippen LogP contribution in [0.2, 0.25) is 10.0 Å². The lowest BCUT2D eigenvalue weighted by Crippen LogP contribution is -2.52. The van der Waals surface area contributed by atoms with Crippen LogP contribution in [-0.4, -0.2) is 53.0 Å². The van der Waals surface area contributed by atoms with Crippen molar-refractivity contribution >= 4 is 35.1 Å². The van der Waals surface area contributed by atoms with Crippen LogP contribution in [0.5, 0.6) is 0 Å². The van der Waals surface area contributed by atoms with Crippen LogP contribution in [0.1, 0.15) is 12.0 Å². The molecule has 5 nitrogen and oxygen atoms in total. The molecule has 2 aliphatic carbocycles. The zero-order chi connectivity index (χ0) is 19.1. The molecule has 2 bridgehead atoms. The van der Waals surface area contributed by atoms with E-state index in [1.165, 1.54) is 0 Å². The van der Waals surface area contributed by atoms with Crippen molar-refractivity contribution in [3.05, 3.63) is 46.0 Å². The monoisotopic (exact) mass is 408 g/mol. The van der Waals surface area contributed by atoms with E-state index < -0.39 is 17.8 Å². The highest BCUT2D eigenvalue weighted by molar-refractivity contribution is 6.42. The van der Waals surface area contributed by atoms with Crippen molar-refractivity contribution in [3.8, 4) is 0 Å². The SMILES string of the molecule is O=C(O)[C@@H]1[C@H](C(=O)N2CCN(Cc3ccc(Cl)c(Cl)c3)CC2)[C@H]2C=C[C@H]1C2. The molecule has 4 rings (SSSR count). The Morgan fingerprint density at radius 3 is 2.30 bits per heavy atom. The van der Waals surface area contributed by atoms with Gasteiger partial charge in [0, 0.05) is 32.7 Å². The molecule has 2 fully saturated rings. The van der Waals surface area contributed by atoms with Gasteiger partial charge in [-0.3, -0.25) is 14.5 Å². The van der Waals surface area contributed by atoms with Gasteiger partial charge in [0.25, 0.3) is 0 Å². The fraction of sp³-hybridized carbons (Fsp3) is 0.500. The van der Waals surface area contributed by atoms with Crippen LogP contribution in [0.25, 0.3) is 0 Å². The van der Waals surface area contributed by atoms with E-state index >= 15 is 0 Å². The third-order valence-corrected chi connectivity index (χ3v) is 6.84. The Kier molecular flexibility index (Phi) is 5.19. The van der Waals surface area contributed by atoms with E-state index in [4.69, 9.17) is 23.2 Å². The summed E-state index contributed by atoms with van der Waals surface area (Å²) >= 11 is 12.0. The molecule has 144 valence electrons. The van der Waals surface area contributed by atoms with Crippen molar-refractivity contribution in [1.29, 1.82) is 0 Å². The number of carboxylic acid groups (broad SMARTS) is 1. The lowest BCUT2D eigenvalue weighted by Gasteiger charge is -2.37. The lowest BCUT2D eigenvalue weighted by molar-refractivity contribution is -0.151.